The van der Waals surface area contributed by atoms with E-state index in [1.807, 2.05) is 47.7 Å². The van der Waals surface area contributed by atoms with Crippen molar-refractivity contribution in [3.05, 3.63) is 95.4 Å². The number of carbonyl (C=O) groups is 1. The molecule has 1 aliphatic rings. The zero-order valence-electron chi connectivity index (χ0n) is 30.1. The molecule has 7 rings (SSSR count). The maximum absolute atomic E-state index is 11.5. The predicted molar refractivity (Wildman–Crippen MR) is 203 cm³/mol. The van der Waals surface area contributed by atoms with Crippen LogP contribution < -0.4 is 0 Å². The van der Waals surface area contributed by atoms with Crippen LogP contribution in [0.15, 0.2) is 82.6 Å². The summed E-state index contributed by atoms with van der Waals surface area (Å²) in [6.45, 7) is 20.0. The average molecular weight is 846 g/mol. The molecular formula is C43H45IrN2O2S-. The van der Waals surface area contributed by atoms with Gasteiger partial charge in [0.05, 0.1) is 0 Å². The molecule has 0 aliphatic carbocycles. The minimum absolute atomic E-state index is 0. The number of aryl methyl sites for hydroxylation is 2. The van der Waals surface area contributed by atoms with E-state index in [1.165, 1.54) is 60.0 Å². The molecule has 6 aromatic rings. The van der Waals surface area contributed by atoms with E-state index >= 15 is 0 Å². The van der Waals surface area contributed by atoms with Crippen molar-refractivity contribution in [1.29, 1.82) is 0 Å². The predicted octanol–water partition coefficient (Wildman–Crippen LogP) is 11.9. The molecule has 3 heterocycles. The van der Waals surface area contributed by atoms with Gasteiger partial charge in [0, 0.05) is 64.3 Å². The van der Waals surface area contributed by atoms with Crippen molar-refractivity contribution in [2.24, 2.45) is 16.7 Å². The Morgan fingerprint density at radius 3 is 2.29 bits per heavy atom. The van der Waals surface area contributed by atoms with Gasteiger partial charge < -0.3 is 10.1 Å². The number of ketones is 1. The summed E-state index contributed by atoms with van der Waals surface area (Å²) in [6.07, 6.45) is 4.37. The average Bonchev–Trinajstić information content (AvgIpc) is 3.01. The quantitative estimate of drug-likeness (QED) is 0.0831. The smallest absolute Gasteiger partial charge is 0.164 e. The van der Waals surface area contributed by atoms with E-state index in [2.05, 4.69) is 88.4 Å². The number of rotatable bonds is 3. The Labute approximate surface area is 308 Å². The van der Waals surface area contributed by atoms with Gasteiger partial charge in [-0.15, -0.1) is 23.9 Å². The maximum atomic E-state index is 11.5. The second-order valence-electron chi connectivity index (χ2n) is 15.6. The van der Waals surface area contributed by atoms with E-state index in [-0.39, 0.29) is 37.1 Å². The largest absolute Gasteiger partial charge is 0.512 e. The number of allylic oxidation sites excluding steroid dienone is 2. The summed E-state index contributed by atoms with van der Waals surface area (Å²) in [7, 11) is 0. The molecule has 1 N–H and O–H groups in total. The number of aliphatic hydroxyl groups is 1. The number of fused-ring (bicyclic) bond motifs is 7. The third kappa shape index (κ3) is 7.20. The molecule has 2 aromatic heterocycles. The van der Waals surface area contributed by atoms with Crippen LogP contribution in [0.5, 0.6) is 0 Å². The van der Waals surface area contributed by atoms with Gasteiger partial charge in [0.15, 0.2) is 5.78 Å². The number of nitrogens with zero attached hydrogens (tertiary/aromatic N) is 2. The molecule has 0 unspecified atom stereocenters. The van der Waals surface area contributed by atoms with Crippen LogP contribution in [0, 0.1) is 36.7 Å². The molecule has 0 atom stereocenters. The summed E-state index contributed by atoms with van der Waals surface area (Å²) in [5, 5.41) is 19.3. The number of pyridine rings is 2. The molecule has 0 bridgehead atoms. The maximum Gasteiger partial charge on any atom is 0.164 e. The van der Waals surface area contributed by atoms with Crippen LogP contribution in [0.4, 0.5) is 0 Å². The van der Waals surface area contributed by atoms with Gasteiger partial charge in [0.1, 0.15) is 5.76 Å². The Bertz CT molecular complexity index is 2290. The van der Waals surface area contributed by atoms with E-state index in [4.69, 9.17) is 9.97 Å². The Kier molecular flexibility index (Phi) is 10.2. The first kappa shape index (κ1) is 36.7. The van der Waals surface area contributed by atoms with Crippen LogP contribution in [-0.2, 0) is 31.3 Å². The second kappa shape index (κ2) is 13.6. The van der Waals surface area contributed by atoms with E-state index in [0.29, 0.717) is 5.92 Å². The van der Waals surface area contributed by atoms with Gasteiger partial charge in [-0.3, -0.25) is 9.78 Å². The molecule has 4 nitrogen and oxygen atoms in total. The normalized spacial score (nSPS) is 13.0. The van der Waals surface area contributed by atoms with Crippen molar-refractivity contribution < 1.29 is 30.0 Å². The first-order valence-electron chi connectivity index (χ1n) is 16.8. The number of aliphatic hydroxyl groups excluding tert-OH is 1. The molecule has 49 heavy (non-hydrogen) atoms. The van der Waals surface area contributed by atoms with E-state index in [9.17, 15) is 9.90 Å². The topological polar surface area (TPSA) is 63.1 Å². The van der Waals surface area contributed by atoms with Crippen molar-refractivity contribution >= 4 is 60.8 Å². The summed E-state index contributed by atoms with van der Waals surface area (Å²) < 4.78 is 0. The number of hydrogen-bond donors (Lipinski definition) is 1. The van der Waals surface area contributed by atoms with Crippen LogP contribution in [0.25, 0.3) is 54.5 Å². The first-order valence-corrected chi connectivity index (χ1v) is 17.6. The molecule has 4 aromatic carbocycles. The van der Waals surface area contributed by atoms with Crippen LogP contribution in [0.1, 0.15) is 72.1 Å². The molecule has 6 heteroatoms. The Morgan fingerprint density at radius 1 is 0.898 bits per heavy atom. The van der Waals surface area contributed by atoms with Gasteiger partial charge in [0.25, 0.3) is 0 Å². The van der Waals surface area contributed by atoms with Gasteiger partial charge in [-0.25, -0.2) is 0 Å². The zero-order valence-corrected chi connectivity index (χ0v) is 33.3. The van der Waals surface area contributed by atoms with Crippen molar-refractivity contribution in [1.82, 2.24) is 9.97 Å². The van der Waals surface area contributed by atoms with Crippen molar-refractivity contribution in [2.75, 3.05) is 0 Å². The van der Waals surface area contributed by atoms with Gasteiger partial charge in [0.2, 0.25) is 0 Å². The fourth-order valence-corrected chi connectivity index (χ4v) is 7.16. The third-order valence-corrected chi connectivity index (χ3v) is 10.2. The molecular weight excluding hydrogens is 801 g/mol. The van der Waals surface area contributed by atoms with Gasteiger partial charge in [-0.05, 0) is 76.2 Å². The first-order chi connectivity index (χ1) is 22.5. The summed E-state index contributed by atoms with van der Waals surface area (Å²) in [5.74, 6) is 0.738. The fourth-order valence-electron chi connectivity index (χ4n) is 6.07. The number of aromatic nitrogens is 2. The second-order valence-corrected chi connectivity index (χ2v) is 16.6. The van der Waals surface area contributed by atoms with Crippen molar-refractivity contribution in [3.8, 4) is 11.3 Å². The summed E-state index contributed by atoms with van der Waals surface area (Å²) in [5.41, 5.74) is 6.17. The Balaban J connectivity index is 0.000000288. The molecule has 255 valence electrons. The Hall–Kier alpha value is -3.57. The SMILES string of the molecule is CC(C)(C)C(=O)/C=C(\O)C(C)(C)C.Cc1ccc2[c-]c3c(nc2c1C)Sc1cc2c4cc(CC(C)C)ccc4ccc2c2ccnc-3c12.[Ir]. The molecule has 0 spiro atoms. The molecule has 0 saturated carbocycles. The van der Waals surface area contributed by atoms with Crippen LogP contribution in [-0.4, -0.2) is 20.9 Å². The Morgan fingerprint density at radius 2 is 1.61 bits per heavy atom. The van der Waals surface area contributed by atoms with Crippen molar-refractivity contribution in [3.63, 3.8) is 0 Å². The number of hydrogen-bond acceptors (Lipinski definition) is 5. The third-order valence-electron chi connectivity index (χ3n) is 9.14. The molecule has 1 aliphatic heterocycles. The van der Waals surface area contributed by atoms with Gasteiger partial charge in [-0.2, -0.15) is 0 Å². The minimum Gasteiger partial charge on any atom is -0.512 e. The minimum atomic E-state index is -0.417. The van der Waals surface area contributed by atoms with Crippen LogP contribution in [0.3, 0.4) is 0 Å². The summed E-state index contributed by atoms with van der Waals surface area (Å²) in [6, 6.07) is 24.0. The van der Waals surface area contributed by atoms with Crippen LogP contribution >= 0.6 is 11.8 Å². The van der Waals surface area contributed by atoms with Gasteiger partial charge >= 0.3 is 0 Å². The standard InChI is InChI=1S/C32H25N2S.C11H20O2.Ir/c1-17(2)13-20-6-8-21-9-10-23-24-11-12-33-31-27-15-22-7-5-18(3)19(4)30(22)34-32(27)35-28(29(24)31)16-26(23)25(21)14-20;1-10(2,3)8(12)7-9(13)11(4,5)6;/h5-12,14,16-17H,13H2,1-4H3;7,12H,1-6H3;/q-1;;/b;8-7-;. The molecule has 0 amide bonds. The fraction of sp³-hybridized carbons (Fsp3) is 0.326. The summed E-state index contributed by atoms with van der Waals surface area (Å²) in [4.78, 5) is 22.7. The number of carbonyl (C=O) groups excluding carboxylic acids is 1. The van der Waals surface area contributed by atoms with E-state index < -0.39 is 5.41 Å². The monoisotopic (exact) mass is 846 g/mol. The van der Waals surface area contributed by atoms with Gasteiger partial charge in [-0.1, -0.05) is 114 Å². The molecule has 1 radical (unpaired) electrons. The van der Waals surface area contributed by atoms with E-state index in [1.54, 1.807) is 11.8 Å². The van der Waals surface area contributed by atoms with Crippen LogP contribution in [0.2, 0.25) is 0 Å². The van der Waals surface area contributed by atoms with Crippen molar-refractivity contribution in [2.45, 2.75) is 85.6 Å². The number of benzene rings is 4. The zero-order chi connectivity index (χ0) is 34.7. The molecule has 0 fully saturated rings. The molecule has 0 saturated heterocycles. The summed E-state index contributed by atoms with van der Waals surface area (Å²) >= 11 is 1.76. The van der Waals surface area contributed by atoms with E-state index in [0.717, 1.165) is 33.6 Å².